The Bertz CT molecular complexity index is 558. The van der Waals surface area contributed by atoms with Gasteiger partial charge in [0.2, 0.25) is 5.16 Å². The molecule has 16 heavy (non-hydrogen) atoms. The van der Waals surface area contributed by atoms with Gasteiger partial charge < -0.3 is 0 Å². The van der Waals surface area contributed by atoms with Crippen LogP contribution in [0.15, 0.2) is 46.7 Å². The third-order valence-electron chi connectivity index (χ3n) is 2.09. The third-order valence-corrected chi connectivity index (χ3v) is 3.11. The van der Waals surface area contributed by atoms with Gasteiger partial charge in [-0.3, -0.25) is 0 Å². The minimum atomic E-state index is 0.670. The third kappa shape index (κ3) is 1.63. The van der Waals surface area contributed by atoms with Gasteiger partial charge in [-0.1, -0.05) is 35.4 Å². The Morgan fingerprint density at radius 3 is 2.88 bits per heavy atom. The summed E-state index contributed by atoms with van der Waals surface area (Å²) in [5.41, 5.74) is 1.13. The minimum Gasteiger partial charge on any atom is -0.155 e. The number of nitrogens with zero attached hydrogens (tertiary/aromatic N) is 5. The molecule has 5 nitrogen and oxygen atoms in total. The van der Waals surface area contributed by atoms with Gasteiger partial charge >= 0.3 is 0 Å². The lowest BCUT2D eigenvalue weighted by Crippen LogP contribution is -1.91. The van der Waals surface area contributed by atoms with Crippen molar-refractivity contribution >= 4 is 22.9 Å². The second-order valence-electron chi connectivity index (χ2n) is 3.11. The molecule has 3 rings (SSSR count). The van der Waals surface area contributed by atoms with E-state index in [1.54, 1.807) is 6.21 Å². The van der Waals surface area contributed by atoms with Gasteiger partial charge in [-0.25, -0.2) is 0 Å². The van der Waals surface area contributed by atoms with E-state index in [4.69, 9.17) is 0 Å². The maximum atomic E-state index is 4.08. The summed E-state index contributed by atoms with van der Waals surface area (Å²) in [6.45, 7) is 0. The quantitative estimate of drug-likeness (QED) is 0.746. The highest BCUT2D eigenvalue weighted by atomic mass is 32.2. The van der Waals surface area contributed by atoms with E-state index in [2.05, 4.69) is 20.6 Å². The first-order valence-electron chi connectivity index (χ1n) is 4.70. The molecule has 2 heterocycles. The molecule has 0 radical (unpaired) electrons. The predicted octanol–water partition coefficient (Wildman–Crippen LogP) is 1.65. The number of hydrogen-bond acceptors (Lipinski definition) is 5. The first-order valence-corrected chi connectivity index (χ1v) is 5.51. The molecule has 1 aliphatic heterocycles. The van der Waals surface area contributed by atoms with Crippen LogP contribution in [0.5, 0.6) is 0 Å². The van der Waals surface area contributed by atoms with E-state index in [1.165, 1.54) is 16.6 Å². The summed E-state index contributed by atoms with van der Waals surface area (Å²) in [6.07, 6.45) is 3.64. The Morgan fingerprint density at radius 1 is 1.12 bits per heavy atom. The molecular formula is C10H7N5S. The molecule has 0 amide bonds. The molecule has 0 unspecified atom stereocenters. The van der Waals surface area contributed by atoms with Crippen molar-refractivity contribution < 1.29 is 0 Å². The van der Waals surface area contributed by atoms with Gasteiger partial charge in [0.1, 0.15) is 0 Å². The van der Waals surface area contributed by atoms with Gasteiger partial charge in [-0.2, -0.15) is 5.10 Å². The summed E-state index contributed by atoms with van der Waals surface area (Å²) in [6, 6.07) is 10.1. The molecule has 1 aromatic carbocycles. The van der Waals surface area contributed by atoms with Crippen LogP contribution in [-0.4, -0.2) is 26.5 Å². The van der Waals surface area contributed by atoms with Crippen molar-refractivity contribution in [2.45, 2.75) is 5.16 Å². The van der Waals surface area contributed by atoms with Crippen LogP contribution in [0.1, 0.15) is 5.56 Å². The van der Waals surface area contributed by atoms with E-state index >= 15 is 0 Å². The summed E-state index contributed by atoms with van der Waals surface area (Å²) < 4.78 is 0. The van der Waals surface area contributed by atoms with Crippen LogP contribution in [0.3, 0.4) is 0 Å². The highest BCUT2D eigenvalue weighted by Gasteiger charge is 2.12. The molecule has 0 aliphatic carbocycles. The smallest absolute Gasteiger partial charge is 0.155 e. The van der Waals surface area contributed by atoms with Gasteiger partial charge in [-0.05, 0) is 33.8 Å². The number of fused-ring (bicyclic) bond motifs is 1. The van der Waals surface area contributed by atoms with Gasteiger partial charge in [0.25, 0.3) is 0 Å². The van der Waals surface area contributed by atoms with Gasteiger partial charge in [0.05, 0.1) is 6.21 Å². The van der Waals surface area contributed by atoms with Crippen LogP contribution in [0.2, 0.25) is 0 Å². The standard InChI is InChI=1S/C10H7N5S/c1-2-4-8(5-3-1)9-6-7-11-15-10(16-9)12-13-14-15/h1-7H. The number of allylic oxidation sites excluding steroid dienone is 1. The molecule has 0 atom stereocenters. The van der Waals surface area contributed by atoms with Crippen LogP contribution in [0, 0.1) is 0 Å². The SMILES string of the molecule is C1=Nn2nnnc2SC(c2ccccc2)=C1. The van der Waals surface area contributed by atoms with E-state index in [9.17, 15) is 0 Å². The number of rotatable bonds is 1. The molecule has 6 heteroatoms. The molecule has 1 aromatic heterocycles. The van der Waals surface area contributed by atoms with Crippen molar-refractivity contribution in [3.8, 4) is 0 Å². The molecule has 1 aliphatic rings. The Labute approximate surface area is 95.9 Å². The summed E-state index contributed by atoms with van der Waals surface area (Å²) >= 11 is 1.50. The van der Waals surface area contributed by atoms with E-state index < -0.39 is 0 Å². The number of aromatic nitrogens is 4. The number of thioether (sulfide) groups is 1. The Balaban J connectivity index is 2.01. The summed E-state index contributed by atoms with van der Waals surface area (Å²) in [5.74, 6) is 0. The molecule has 78 valence electrons. The first kappa shape index (κ1) is 9.29. The first-order chi connectivity index (χ1) is 7.93. The fraction of sp³-hybridized carbons (Fsp3) is 0. The van der Waals surface area contributed by atoms with E-state index in [0.717, 1.165) is 10.5 Å². The molecule has 0 saturated carbocycles. The van der Waals surface area contributed by atoms with Crippen molar-refractivity contribution in [3.63, 3.8) is 0 Å². The second kappa shape index (κ2) is 3.90. The Morgan fingerprint density at radius 2 is 2.00 bits per heavy atom. The van der Waals surface area contributed by atoms with Gasteiger partial charge in [0, 0.05) is 4.91 Å². The molecule has 0 saturated heterocycles. The largest absolute Gasteiger partial charge is 0.238 e. The molecule has 0 N–H and O–H groups in total. The zero-order chi connectivity index (χ0) is 10.8. The average Bonchev–Trinajstić information content (AvgIpc) is 2.68. The van der Waals surface area contributed by atoms with Gasteiger partial charge in [0.15, 0.2) is 0 Å². The molecule has 0 fully saturated rings. The van der Waals surface area contributed by atoms with Crippen LogP contribution in [-0.2, 0) is 0 Å². The van der Waals surface area contributed by atoms with E-state index in [1.807, 2.05) is 36.4 Å². The molecular weight excluding hydrogens is 222 g/mol. The monoisotopic (exact) mass is 229 g/mol. The fourth-order valence-corrected chi connectivity index (χ4v) is 2.18. The van der Waals surface area contributed by atoms with Gasteiger partial charge in [-0.15, -0.1) is 4.79 Å². The Hall–Kier alpha value is -1.95. The number of benzene rings is 1. The molecule has 0 spiro atoms. The summed E-state index contributed by atoms with van der Waals surface area (Å²) in [4.78, 5) is 2.50. The van der Waals surface area contributed by atoms with Crippen molar-refractivity contribution in [3.05, 3.63) is 42.0 Å². The predicted molar refractivity (Wildman–Crippen MR) is 62.0 cm³/mol. The molecule has 0 bridgehead atoms. The minimum absolute atomic E-state index is 0.670. The van der Waals surface area contributed by atoms with E-state index in [0.29, 0.717) is 5.16 Å². The number of tetrazole rings is 1. The van der Waals surface area contributed by atoms with Crippen LogP contribution < -0.4 is 0 Å². The lowest BCUT2D eigenvalue weighted by molar-refractivity contribution is 0.649. The van der Waals surface area contributed by atoms with E-state index in [-0.39, 0.29) is 0 Å². The zero-order valence-electron chi connectivity index (χ0n) is 8.19. The fourth-order valence-electron chi connectivity index (χ4n) is 1.36. The Kier molecular flexibility index (Phi) is 2.26. The normalized spacial score (nSPS) is 14.1. The van der Waals surface area contributed by atoms with Crippen molar-refractivity contribution in [1.29, 1.82) is 0 Å². The lowest BCUT2D eigenvalue weighted by Gasteiger charge is -2.02. The summed E-state index contributed by atoms with van der Waals surface area (Å²) in [5, 5.41) is 16.0. The maximum absolute atomic E-state index is 4.08. The highest BCUT2D eigenvalue weighted by molar-refractivity contribution is 8.08. The highest BCUT2D eigenvalue weighted by Crippen LogP contribution is 2.33. The zero-order valence-corrected chi connectivity index (χ0v) is 9.00. The molecule has 2 aromatic rings. The lowest BCUT2D eigenvalue weighted by atomic mass is 10.2. The average molecular weight is 229 g/mol. The topological polar surface area (TPSA) is 56.0 Å². The summed E-state index contributed by atoms with van der Waals surface area (Å²) in [7, 11) is 0. The number of hydrogen-bond donors (Lipinski definition) is 0. The van der Waals surface area contributed by atoms with Crippen LogP contribution in [0.25, 0.3) is 4.91 Å². The van der Waals surface area contributed by atoms with Crippen molar-refractivity contribution in [2.75, 3.05) is 0 Å². The van der Waals surface area contributed by atoms with Crippen molar-refractivity contribution in [1.82, 2.24) is 20.3 Å². The van der Waals surface area contributed by atoms with Crippen LogP contribution >= 0.6 is 11.8 Å². The van der Waals surface area contributed by atoms with Crippen LogP contribution in [0.4, 0.5) is 0 Å². The van der Waals surface area contributed by atoms with Crippen molar-refractivity contribution in [2.24, 2.45) is 5.10 Å². The maximum Gasteiger partial charge on any atom is 0.238 e. The second-order valence-corrected chi connectivity index (χ2v) is 4.12.